The summed E-state index contributed by atoms with van der Waals surface area (Å²) in [6.07, 6.45) is 0. The van der Waals surface area contributed by atoms with Crippen LogP contribution >= 0.6 is 0 Å². The van der Waals surface area contributed by atoms with Gasteiger partial charge in [-0.05, 0) is 24.3 Å². The van der Waals surface area contributed by atoms with Gasteiger partial charge in [-0.2, -0.15) is 10.2 Å². The van der Waals surface area contributed by atoms with Gasteiger partial charge in [0.1, 0.15) is 6.61 Å². The normalized spacial score (nSPS) is 15.6. The molecule has 120 valence electrons. The largest absolute Gasteiger partial charge is 0.377 e. The molecular formula is C16H19N5O2. The fourth-order valence-corrected chi connectivity index (χ4v) is 2.64. The lowest BCUT2D eigenvalue weighted by Gasteiger charge is -2.35. The predicted molar refractivity (Wildman–Crippen MR) is 83.7 cm³/mol. The van der Waals surface area contributed by atoms with Crippen molar-refractivity contribution in [1.29, 1.82) is 5.26 Å². The standard InChI is InChI=1S/C16H19N5O2/c1-22-12-15-18-16(23-19-15)11-20-6-8-21(9-7-20)14-4-2-13(10-17)3-5-14/h2-5H,6-9,11-12H2,1H3. The Balaban J connectivity index is 1.52. The number of piperazine rings is 1. The quantitative estimate of drug-likeness (QED) is 0.825. The van der Waals surface area contributed by atoms with Crippen molar-refractivity contribution in [2.75, 3.05) is 38.2 Å². The van der Waals surface area contributed by atoms with E-state index in [-0.39, 0.29) is 0 Å². The number of hydrogen-bond acceptors (Lipinski definition) is 7. The number of benzene rings is 1. The van der Waals surface area contributed by atoms with Crippen molar-refractivity contribution in [2.24, 2.45) is 0 Å². The molecule has 1 aliphatic heterocycles. The van der Waals surface area contributed by atoms with Crippen LogP contribution in [0.2, 0.25) is 0 Å². The molecule has 0 saturated carbocycles. The fourth-order valence-electron chi connectivity index (χ4n) is 2.64. The fraction of sp³-hybridized carbons (Fsp3) is 0.438. The molecule has 0 spiro atoms. The molecule has 1 saturated heterocycles. The molecule has 7 heteroatoms. The van der Waals surface area contributed by atoms with E-state index in [1.807, 2.05) is 24.3 Å². The Morgan fingerprint density at radius 3 is 2.61 bits per heavy atom. The lowest BCUT2D eigenvalue weighted by atomic mass is 10.2. The molecular weight excluding hydrogens is 294 g/mol. The van der Waals surface area contributed by atoms with Crippen LogP contribution in [0.3, 0.4) is 0 Å². The van der Waals surface area contributed by atoms with Crippen molar-refractivity contribution in [3.63, 3.8) is 0 Å². The molecule has 0 aliphatic carbocycles. The molecule has 1 fully saturated rings. The van der Waals surface area contributed by atoms with Crippen LogP contribution in [0.4, 0.5) is 5.69 Å². The van der Waals surface area contributed by atoms with E-state index in [9.17, 15) is 0 Å². The van der Waals surface area contributed by atoms with Crippen molar-refractivity contribution in [3.05, 3.63) is 41.5 Å². The number of methoxy groups -OCH3 is 1. The molecule has 0 atom stereocenters. The molecule has 0 bridgehead atoms. The second-order valence-corrected chi connectivity index (χ2v) is 5.46. The smallest absolute Gasteiger partial charge is 0.240 e. The molecule has 2 aromatic rings. The van der Waals surface area contributed by atoms with Crippen molar-refractivity contribution in [2.45, 2.75) is 13.2 Å². The minimum absolute atomic E-state index is 0.371. The maximum Gasteiger partial charge on any atom is 0.240 e. The van der Waals surface area contributed by atoms with E-state index in [2.05, 4.69) is 26.0 Å². The molecule has 2 heterocycles. The van der Waals surface area contributed by atoms with Gasteiger partial charge in [0.15, 0.2) is 5.82 Å². The summed E-state index contributed by atoms with van der Waals surface area (Å²) >= 11 is 0. The van der Waals surface area contributed by atoms with Gasteiger partial charge in [-0.15, -0.1) is 0 Å². The molecule has 23 heavy (non-hydrogen) atoms. The van der Waals surface area contributed by atoms with E-state index in [1.165, 1.54) is 0 Å². The summed E-state index contributed by atoms with van der Waals surface area (Å²) < 4.78 is 10.2. The Labute approximate surface area is 135 Å². The highest BCUT2D eigenvalue weighted by Gasteiger charge is 2.19. The molecule has 0 amide bonds. The molecule has 1 aliphatic rings. The number of ether oxygens (including phenoxy) is 1. The lowest BCUT2D eigenvalue weighted by Crippen LogP contribution is -2.46. The van der Waals surface area contributed by atoms with Crippen LogP contribution in [0.25, 0.3) is 0 Å². The number of rotatable bonds is 5. The number of aromatic nitrogens is 2. The van der Waals surface area contributed by atoms with Gasteiger partial charge in [-0.25, -0.2) is 0 Å². The van der Waals surface area contributed by atoms with Crippen LogP contribution in [-0.2, 0) is 17.9 Å². The van der Waals surface area contributed by atoms with Crippen molar-refractivity contribution >= 4 is 5.69 Å². The van der Waals surface area contributed by atoms with Crippen LogP contribution in [0.15, 0.2) is 28.8 Å². The van der Waals surface area contributed by atoms with Crippen LogP contribution in [-0.4, -0.2) is 48.3 Å². The molecule has 0 N–H and O–H groups in total. The van der Waals surface area contributed by atoms with Crippen LogP contribution in [0.1, 0.15) is 17.3 Å². The first kappa shape index (κ1) is 15.5. The lowest BCUT2D eigenvalue weighted by molar-refractivity contribution is 0.174. The first-order valence-electron chi connectivity index (χ1n) is 7.56. The monoisotopic (exact) mass is 313 g/mol. The minimum atomic E-state index is 0.371. The Bertz CT molecular complexity index is 669. The second-order valence-electron chi connectivity index (χ2n) is 5.46. The number of anilines is 1. The molecule has 0 radical (unpaired) electrons. The van der Waals surface area contributed by atoms with Crippen molar-refractivity contribution < 1.29 is 9.26 Å². The van der Waals surface area contributed by atoms with Gasteiger partial charge < -0.3 is 14.2 Å². The summed E-state index contributed by atoms with van der Waals surface area (Å²) in [6.45, 7) is 4.77. The Morgan fingerprint density at radius 2 is 1.96 bits per heavy atom. The third-order valence-electron chi connectivity index (χ3n) is 3.88. The summed E-state index contributed by atoms with van der Waals surface area (Å²) in [7, 11) is 1.61. The highest BCUT2D eigenvalue weighted by atomic mass is 16.5. The third kappa shape index (κ3) is 3.86. The Morgan fingerprint density at radius 1 is 1.22 bits per heavy atom. The Kier molecular flexibility index (Phi) is 4.86. The summed E-state index contributed by atoms with van der Waals surface area (Å²) in [4.78, 5) is 8.92. The summed E-state index contributed by atoms with van der Waals surface area (Å²) in [5.41, 5.74) is 1.85. The molecule has 7 nitrogen and oxygen atoms in total. The van der Waals surface area contributed by atoms with Crippen LogP contribution in [0, 0.1) is 11.3 Å². The average molecular weight is 313 g/mol. The average Bonchev–Trinajstić information content (AvgIpc) is 3.03. The number of nitrogens with zero attached hydrogens (tertiary/aromatic N) is 5. The third-order valence-corrected chi connectivity index (χ3v) is 3.88. The van der Waals surface area contributed by atoms with E-state index in [0.717, 1.165) is 31.9 Å². The zero-order chi connectivity index (χ0) is 16.1. The van der Waals surface area contributed by atoms with Crippen molar-refractivity contribution in [3.8, 4) is 6.07 Å². The highest BCUT2D eigenvalue weighted by Crippen LogP contribution is 2.18. The minimum Gasteiger partial charge on any atom is -0.377 e. The summed E-state index contributed by atoms with van der Waals surface area (Å²) in [5.74, 6) is 1.21. The molecule has 3 rings (SSSR count). The van der Waals surface area contributed by atoms with Gasteiger partial charge in [0.2, 0.25) is 5.89 Å². The van der Waals surface area contributed by atoms with Gasteiger partial charge in [0.05, 0.1) is 18.2 Å². The molecule has 0 unspecified atom stereocenters. The highest BCUT2D eigenvalue weighted by molar-refractivity contribution is 5.50. The molecule has 1 aromatic heterocycles. The van der Waals surface area contributed by atoms with E-state index in [1.54, 1.807) is 7.11 Å². The van der Waals surface area contributed by atoms with Gasteiger partial charge in [0.25, 0.3) is 0 Å². The van der Waals surface area contributed by atoms with Crippen LogP contribution < -0.4 is 4.90 Å². The maximum atomic E-state index is 8.85. The van der Waals surface area contributed by atoms with E-state index in [0.29, 0.717) is 30.4 Å². The van der Waals surface area contributed by atoms with Crippen LogP contribution in [0.5, 0.6) is 0 Å². The van der Waals surface area contributed by atoms with Crippen molar-refractivity contribution in [1.82, 2.24) is 15.0 Å². The topological polar surface area (TPSA) is 78.4 Å². The van der Waals surface area contributed by atoms with Gasteiger partial charge in [0, 0.05) is 39.0 Å². The zero-order valence-corrected chi connectivity index (χ0v) is 13.1. The van der Waals surface area contributed by atoms with E-state index < -0.39 is 0 Å². The zero-order valence-electron chi connectivity index (χ0n) is 13.1. The maximum absolute atomic E-state index is 8.85. The first-order valence-corrected chi connectivity index (χ1v) is 7.56. The van der Waals surface area contributed by atoms with Gasteiger partial charge >= 0.3 is 0 Å². The number of nitriles is 1. The first-order chi connectivity index (χ1) is 11.3. The van der Waals surface area contributed by atoms with E-state index in [4.69, 9.17) is 14.5 Å². The molecule has 1 aromatic carbocycles. The number of hydrogen-bond donors (Lipinski definition) is 0. The summed E-state index contributed by atoms with van der Waals surface area (Å²) in [5, 5.41) is 12.7. The summed E-state index contributed by atoms with van der Waals surface area (Å²) in [6, 6.07) is 9.87. The second kappa shape index (κ2) is 7.22. The van der Waals surface area contributed by atoms with Gasteiger partial charge in [-0.3, -0.25) is 4.90 Å². The predicted octanol–water partition coefficient (Wildman–Crippen LogP) is 1.41. The van der Waals surface area contributed by atoms with Gasteiger partial charge in [-0.1, -0.05) is 5.16 Å². The Hall–Kier alpha value is -2.43. The van der Waals surface area contributed by atoms with E-state index >= 15 is 0 Å². The SMILES string of the molecule is COCc1noc(CN2CCN(c3ccc(C#N)cc3)CC2)n1.